The van der Waals surface area contributed by atoms with Gasteiger partial charge in [0.2, 0.25) is 0 Å². The van der Waals surface area contributed by atoms with Gasteiger partial charge in [0, 0.05) is 12.5 Å². The molecule has 1 aliphatic rings. The average molecular weight is 465 g/mol. The number of nitrogens with zero attached hydrogens (tertiary/aromatic N) is 2. The predicted octanol–water partition coefficient (Wildman–Crippen LogP) is 2.59. The number of hydrogen-bond acceptors (Lipinski definition) is 6. The number of anilines is 2. The second-order valence-electron chi connectivity index (χ2n) is 7.47. The molecular formula is C21H24N2O6S2. The Morgan fingerprint density at radius 3 is 1.48 bits per heavy atom. The van der Waals surface area contributed by atoms with Gasteiger partial charge in [-0.3, -0.25) is 9.59 Å². The lowest BCUT2D eigenvalue weighted by Crippen LogP contribution is -2.42. The molecule has 2 amide bonds. The highest BCUT2D eigenvalue weighted by Gasteiger charge is 2.48. The van der Waals surface area contributed by atoms with Crippen molar-refractivity contribution in [1.82, 2.24) is 0 Å². The Labute approximate surface area is 182 Å². The smallest absolute Gasteiger partial charge is 0.258 e. The van der Waals surface area contributed by atoms with Crippen molar-refractivity contribution in [1.29, 1.82) is 0 Å². The van der Waals surface area contributed by atoms with Crippen molar-refractivity contribution in [3.05, 3.63) is 48.5 Å². The van der Waals surface area contributed by atoms with Crippen LogP contribution in [0.2, 0.25) is 0 Å². The molecule has 1 fully saturated rings. The summed E-state index contributed by atoms with van der Waals surface area (Å²) in [5, 5.41) is 2.01. The van der Waals surface area contributed by atoms with Crippen LogP contribution < -0.4 is 10.0 Å². The summed E-state index contributed by atoms with van der Waals surface area (Å²) in [5.41, 5.74) is 0.0105. The van der Waals surface area contributed by atoms with Crippen molar-refractivity contribution >= 4 is 42.9 Å². The minimum atomic E-state index is -3.74. The van der Waals surface area contributed by atoms with Gasteiger partial charge < -0.3 is 0 Å². The van der Waals surface area contributed by atoms with E-state index in [2.05, 4.69) is 0 Å². The number of benzene rings is 2. The molecule has 31 heavy (non-hydrogen) atoms. The molecule has 0 bridgehead atoms. The van der Waals surface area contributed by atoms with Gasteiger partial charge in [0.05, 0.1) is 21.2 Å². The SMILES string of the molecule is CCCCC1C(=O)N(c2ccccc2S(C)(=O)=O)N(c2ccccc2S(C)(=O)=O)C1=O. The summed E-state index contributed by atoms with van der Waals surface area (Å²) >= 11 is 0. The zero-order valence-electron chi connectivity index (χ0n) is 17.5. The second-order valence-corrected chi connectivity index (χ2v) is 11.4. The molecule has 0 radical (unpaired) electrons. The number of hydrogen-bond donors (Lipinski definition) is 0. The first-order valence-electron chi connectivity index (χ1n) is 9.74. The van der Waals surface area contributed by atoms with Gasteiger partial charge in [-0.1, -0.05) is 44.0 Å². The van der Waals surface area contributed by atoms with E-state index in [-0.39, 0.29) is 27.6 Å². The highest BCUT2D eigenvalue weighted by Crippen LogP contribution is 2.39. The Morgan fingerprint density at radius 2 is 1.13 bits per heavy atom. The van der Waals surface area contributed by atoms with Crippen LogP contribution in [0, 0.1) is 5.92 Å². The molecule has 0 saturated carbocycles. The Morgan fingerprint density at radius 1 is 0.742 bits per heavy atom. The maximum absolute atomic E-state index is 13.4. The van der Waals surface area contributed by atoms with Gasteiger partial charge in [0.15, 0.2) is 19.7 Å². The van der Waals surface area contributed by atoms with Gasteiger partial charge in [-0.05, 0) is 30.7 Å². The lowest BCUT2D eigenvalue weighted by atomic mass is 10.0. The van der Waals surface area contributed by atoms with Crippen LogP contribution in [0.15, 0.2) is 58.3 Å². The molecule has 166 valence electrons. The molecule has 2 aromatic rings. The van der Waals surface area contributed by atoms with Crippen molar-refractivity contribution < 1.29 is 26.4 Å². The van der Waals surface area contributed by atoms with E-state index in [4.69, 9.17) is 0 Å². The molecular weight excluding hydrogens is 440 g/mol. The highest BCUT2D eigenvalue weighted by molar-refractivity contribution is 7.91. The fourth-order valence-electron chi connectivity index (χ4n) is 3.60. The summed E-state index contributed by atoms with van der Waals surface area (Å²) in [4.78, 5) is 26.5. The molecule has 2 aromatic carbocycles. The van der Waals surface area contributed by atoms with E-state index in [1.807, 2.05) is 6.92 Å². The maximum atomic E-state index is 13.4. The average Bonchev–Trinajstić information content (AvgIpc) is 2.95. The predicted molar refractivity (Wildman–Crippen MR) is 117 cm³/mol. The van der Waals surface area contributed by atoms with Crippen molar-refractivity contribution in [2.45, 2.75) is 36.0 Å². The normalized spacial score (nSPS) is 15.7. The topological polar surface area (TPSA) is 109 Å². The summed E-state index contributed by atoms with van der Waals surface area (Å²) in [5.74, 6) is -2.20. The summed E-state index contributed by atoms with van der Waals surface area (Å²) < 4.78 is 49.5. The quantitative estimate of drug-likeness (QED) is 0.583. The minimum Gasteiger partial charge on any atom is -0.272 e. The van der Waals surface area contributed by atoms with Gasteiger partial charge in [-0.15, -0.1) is 0 Å². The zero-order chi connectivity index (χ0) is 23.0. The number of carbonyl (C=O) groups is 2. The molecule has 0 spiro atoms. The van der Waals surface area contributed by atoms with Gasteiger partial charge in [-0.2, -0.15) is 0 Å². The van der Waals surface area contributed by atoms with Crippen molar-refractivity contribution in [2.24, 2.45) is 5.92 Å². The van der Waals surface area contributed by atoms with E-state index in [1.165, 1.54) is 36.4 Å². The van der Waals surface area contributed by atoms with E-state index in [9.17, 15) is 26.4 Å². The number of carbonyl (C=O) groups excluding carboxylic acids is 2. The number of rotatable bonds is 7. The molecule has 10 heteroatoms. The van der Waals surface area contributed by atoms with E-state index >= 15 is 0 Å². The summed E-state index contributed by atoms with van der Waals surface area (Å²) in [7, 11) is -7.48. The second kappa shape index (κ2) is 8.43. The van der Waals surface area contributed by atoms with Crippen LogP contribution >= 0.6 is 0 Å². The Kier molecular flexibility index (Phi) is 6.24. The zero-order valence-corrected chi connectivity index (χ0v) is 19.1. The fourth-order valence-corrected chi connectivity index (χ4v) is 5.32. The first-order valence-corrected chi connectivity index (χ1v) is 13.5. The maximum Gasteiger partial charge on any atom is 0.258 e. The minimum absolute atomic E-state index is 0.00523. The molecule has 0 N–H and O–H groups in total. The third-order valence-corrected chi connectivity index (χ3v) is 7.33. The molecule has 1 heterocycles. The third-order valence-electron chi connectivity index (χ3n) is 5.05. The van der Waals surface area contributed by atoms with E-state index in [1.54, 1.807) is 12.1 Å². The molecule has 0 aliphatic carbocycles. The Hall–Kier alpha value is -2.72. The van der Waals surface area contributed by atoms with Crippen LogP contribution in [0.25, 0.3) is 0 Å². The molecule has 0 atom stereocenters. The first-order chi connectivity index (χ1) is 14.5. The molecule has 1 saturated heterocycles. The summed E-state index contributed by atoms with van der Waals surface area (Å²) in [6.07, 6.45) is 3.68. The van der Waals surface area contributed by atoms with Crippen molar-refractivity contribution in [3.63, 3.8) is 0 Å². The number of unbranched alkanes of at least 4 members (excludes halogenated alkanes) is 1. The van der Waals surface area contributed by atoms with Crippen LogP contribution in [0.5, 0.6) is 0 Å². The van der Waals surface area contributed by atoms with E-state index < -0.39 is 37.4 Å². The lowest BCUT2D eigenvalue weighted by molar-refractivity contribution is -0.127. The van der Waals surface area contributed by atoms with Crippen LogP contribution in [-0.4, -0.2) is 41.2 Å². The molecule has 0 aromatic heterocycles. The van der Waals surface area contributed by atoms with Crippen molar-refractivity contribution in [3.8, 4) is 0 Å². The van der Waals surface area contributed by atoms with Crippen LogP contribution in [0.3, 0.4) is 0 Å². The Balaban J connectivity index is 2.29. The monoisotopic (exact) mass is 464 g/mol. The van der Waals surface area contributed by atoms with Gasteiger partial charge in [0.1, 0.15) is 5.92 Å². The number of hydrazine groups is 1. The van der Waals surface area contributed by atoms with Gasteiger partial charge in [0.25, 0.3) is 11.8 Å². The highest BCUT2D eigenvalue weighted by atomic mass is 32.2. The van der Waals surface area contributed by atoms with Crippen LogP contribution in [-0.2, 0) is 29.3 Å². The summed E-state index contributed by atoms with van der Waals surface area (Å²) in [6, 6.07) is 11.7. The first kappa shape index (κ1) is 23.0. The third kappa shape index (κ3) is 4.35. The van der Waals surface area contributed by atoms with E-state index in [0.717, 1.165) is 29.0 Å². The lowest BCUT2D eigenvalue weighted by Gasteiger charge is -2.30. The number of para-hydroxylation sites is 2. The van der Waals surface area contributed by atoms with Gasteiger partial charge in [-0.25, -0.2) is 26.9 Å². The standard InChI is InChI=1S/C21H24N2O6S2/c1-4-5-10-15-20(24)22(16-11-6-8-13-18(16)30(2,26)27)23(21(15)25)17-12-7-9-14-19(17)31(3,28)29/h6-9,11-15H,4-5,10H2,1-3H3. The molecule has 1 aliphatic heterocycles. The van der Waals surface area contributed by atoms with Gasteiger partial charge >= 0.3 is 0 Å². The largest absolute Gasteiger partial charge is 0.272 e. The van der Waals surface area contributed by atoms with Crippen LogP contribution in [0.4, 0.5) is 11.4 Å². The number of amides is 2. The summed E-state index contributed by atoms with van der Waals surface area (Å²) in [6.45, 7) is 1.93. The number of sulfone groups is 2. The molecule has 0 unspecified atom stereocenters. The fraction of sp³-hybridized carbons (Fsp3) is 0.333. The van der Waals surface area contributed by atoms with Crippen molar-refractivity contribution in [2.75, 3.05) is 22.5 Å². The van der Waals surface area contributed by atoms with E-state index in [0.29, 0.717) is 6.42 Å². The molecule has 3 rings (SSSR count). The Bertz CT molecular complexity index is 1140. The molecule has 8 nitrogen and oxygen atoms in total. The van der Waals surface area contributed by atoms with Crippen LogP contribution in [0.1, 0.15) is 26.2 Å².